The summed E-state index contributed by atoms with van der Waals surface area (Å²) < 4.78 is 25.7. The molecular weight excluding hydrogens is 454 g/mol. The van der Waals surface area contributed by atoms with E-state index in [0.717, 1.165) is 21.1 Å². The van der Waals surface area contributed by atoms with Gasteiger partial charge in [0.15, 0.2) is 0 Å². The molecule has 0 spiro atoms. The molecule has 8 nitrogen and oxygen atoms in total. The van der Waals surface area contributed by atoms with Gasteiger partial charge in [-0.05, 0) is 48.4 Å². The fraction of sp³-hybridized carbons (Fsp3) is 0.160. The van der Waals surface area contributed by atoms with Gasteiger partial charge in [0.1, 0.15) is 12.5 Å². The van der Waals surface area contributed by atoms with Crippen LogP contribution in [0.3, 0.4) is 0 Å². The zero-order valence-corrected chi connectivity index (χ0v) is 19.2. The monoisotopic (exact) mass is 477 g/mol. The van der Waals surface area contributed by atoms with Crippen LogP contribution in [0, 0.1) is 0 Å². The number of benzene rings is 3. The van der Waals surface area contributed by atoms with Crippen LogP contribution in [0.1, 0.15) is 24.0 Å². The number of nitrogens with zero attached hydrogens (tertiary/aromatic N) is 2. The minimum absolute atomic E-state index is 0.179. The van der Waals surface area contributed by atoms with Crippen LogP contribution >= 0.6 is 0 Å². The van der Waals surface area contributed by atoms with E-state index in [9.17, 15) is 18.0 Å². The van der Waals surface area contributed by atoms with Crippen LogP contribution in [0.25, 0.3) is 0 Å². The van der Waals surface area contributed by atoms with E-state index in [1.807, 2.05) is 54.6 Å². The van der Waals surface area contributed by atoms with Gasteiger partial charge in [-0.2, -0.15) is 0 Å². The van der Waals surface area contributed by atoms with Gasteiger partial charge in [-0.1, -0.05) is 48.5 Å². The number of aliphatic imine (C=N–C) groups is 1. The fourth-order valence-corrected chi connectivity index (χ4v) is 4.91. The van der Waals surface area contributed by atoms with Crippen molar-refractivity contribution in [2.45, 2.75) is 12.8 Å². The van der Waals surface area contributed by atoms with Crippen molar-refractivity contribution in [1.82, 2.24) is 0 Å². The third-order valence-corrected chi connectivity index (χ3v) is 7.24. The number of para-hydroxylation sites is 1. The summed E-state index contributed by atoms with van der Waals surface area (Å²) in [5.41, 5.74) is 3.64. The highest BCUT2D eigenvalue weighted by atomic mass is 32.2. The van der Waals surface area contributed by atoms with Gasteiger partial charge in [0, 0.05) is 5.69 Å². The molecule has 0 bridgehead atoms. The summed E-state index contributed by atoms with van der Waals surface area (Å²) in [4.78, 5) is 28.9. The van der Waals surface area contributed by atoms with Gasteiger partial charge >= 0.3 is 5.97 Å². The Kier molecular flexibility index (Phi) is 6.47. The number of aliphatic carboxylic acids is 1. The predicted octanol–water partition coefficient (Wildman–Crippen LogP) is 3.78. The van der Waals surface area contributed by atoms with Crippen LogP contribution in [0.15, 0.2) is 83.9 Å². The van der Waals surface area contributed by atoms with E-state index < -0.39 is 28.5 Å². The Morgan fingerprint density at radius 3 is 2.29 bits per heavy atom. The lowest BCUT2D eigenvalue weighted by molar-refractivity contribution is -0.135. The fourth-order valence-electron chi connectivity index (χ4n) is 3.85. The minimum Gasteiger partial charge on any atom is -0.480 e. The van der Waals surface area contributed by atoms with Gasteiger partial charge in [-0.25, -0.2) is 8.42 Å². The van der Waals surface area contributed by atoms with Crippen molar-refractivity contribution in [2.24, 2.45) is 4.99 Å². The number of carboxylic acid groups (broad SMARTS) is 1. The standard InChI is InChI=1S/C25H23N3O5S/c1-2-34(32,33)28(16-22(29)30)19-14-12-18(13-15-19)26-24(17-8-4-3-5-9-17)23-20-10-6-7-11-21(20)27-25(23)31/h3-15,23H,2,16H2,1H3,(H,27,31)(H,29,30). The largest absolute Gasteiger partial charge is 0.480 e. The summed E-state index contributed by atoms with van der Waals surface area (Å²) in [7, 11) is -3.78. The molecule has 1 aliphatic rings. The van der Waals surface area contributed by atoms with Crippen LogP contribution in [-0.4, -0.2) is 43.4 Å². The van der Waals surface area contributed by atoms with Crippen molar-refractivity contribution in [3.63, 3.8) is 0 Å². The summed E-state index contributed by atoms with van der Waals surface area (Å²) in [6.45, 7) is 0.784. The van der Waals surface area contributed by atoms with Crippen molar-refractivity contribution in [3.8, 4) is 0 Å². The second-order valence-electron chi connectivity index (χ2n) is 7.69. The number of carboxylic acids is 1. The van der Waals surface area contributed by atoms with Crippen molar-refractivity contribution in [3.05, 3.63) is 90.0 Å². The molecule has 0 aromatic heterocycles. The van der Waals surface area contributed by atoms with Gasteiger partial charge in [0.25, 0.3) is 0 Å². The average molecular weight is 478 g/mol. The van der Waals surface area contributed by atoms with Crippen LogP contribution in [-0.2, 0) is 19.6 Å². The van der Waals surface area contributed by atoms with Gasteiger partial charge in [-0.15, -0.1) is 0 Å². The van der Waals surface area contributed by atoms with E-state index in [-0.39, 0.29) is 17.3 Å². The highest BCUT2D eigenvalue weighted by Crippen LogP contribution is 2.36. The molecule has 1 aliphatic heterocycles. The van der Waals surface area contributed by atoms with Crippen molar-refractivity contribution in [2.75, 3.05) is 21.9 Å². The molecule has 34 heavy (non-hydrogen) atoms. The lowest BCUT2D eigenvalue weighted by atomic mass is 9.90. The Hall–Kier alpha value is -3.98. The molecule has 1 heterocycles. The zero-order chi connectivity index (χ0) is 24.3. The topological polar surface area (TPSA) is 116 Å². The average Bonchev–Trinajstić information content (AvgIpc) is 3.17. The van der Waals surface area contributed by atoms with Crippen molar-refractivity contribution < 1.29 is 23.1 Å². The van der Waals surface area contributed by atoms with E-state index in [2.05, 4.69) is 5.32 Å². The Bertz CT molecular complexity index is 1350. The number of nitrogens with one attached hydrogen (secondary N) is 1. The summed E-state index contributed by atoms with van der Waals surface area (Å²) in [5, 5.41) is 12.1. The first-order chi connectivity index (χ1) is 16.3. The molecule has 1 atom stereocenters. The lowest BCUT2D eigenvalue weighted by Gasteiger charge is -2.22. The summed E-state index contributed by atoms with van der Waals surface area (Å²) in [5.74, 6) is -2.27. The highest BCUT2D eigenvalue weighted by Gasteiger charge is 2.35. The lowest BCUT2D eigenvalue weighted by Crippen LogP contribution is -2.36. The zero-order valence-electron chi connectivity index (χ0n) is 18.4. The molecule has 0 saturated heterocycles. The first-order valence-corrected chi connectivity index (χ1v) is 12.3. The van der Waals surface area contributed by atoms with E-state index in [1.54, 1.807) is 12.1 Å². The van der Waals surface area contributed by atoms with Crippen LogP contribution in [0.4, 0.5) is 17.1 Å². The number of hydrogen-bond donors (Lipinski definition) is 2. The summed E-state index contributed by atoms with van der Waals surface area (Å²) in [6, 6.07) is 23.1. The molecule has 3 aromatic carbocycles. The van der Waals surface area contributed by atoms with Gasteiger partial charge in [0.05, 0.1) is 22.8 Å². The molecule has 0 saturated carbocycles. The number of rotatable bonds is 8. The summed E-state index contributed by atoms with van der Waals surface area (Å²) >= 11 is 0. The molecule has 174 valence electrons. The number of amides is 1. The molecule has 0 aliphatic carbocycles. The quantitative estimate of drug-likeness (QED) is 0.479. The molecule has 2 N–H and O–H groups in total. The number of fused-ring (bicyclic) bond motifs is 1. The Morgan fingerprint density at radius 2 is 1.65 bits per heavy atom. The molecule has 3 aromatic rings. The van der Waals surface area contributed by atoms with Crippen LogP contribution in [0.5, 0.6) is 0 Å². The highest BCUT2D eigenvalue weighted by molar-refractivity contribution is 7.92. The third kappa shape index (κ3) is 4.69. The summed E-state index contributed by atoms with van der Waals surface area (Å²) in [6.07, 6.45) is 0. The number of anilines is 2. The van der Waals surface area contributed by atoms with Gasteiger partial charge < -0.3 is 10.4 Å². The maximum atomic E-state index is 12.9. The van der Waals surface area contributed by atoms with E-state index in [0.29, 0.717) is 11.4 Å². The van der Waals surface area contributed by atoms with E-state index >= 15 is 0 Å². The van der Waals surface area contributed by atoms with E-state index in [4.69, 9.17) is 10.1 Å². The van der Waals surface area contributed by atoms with E-state index in [1.165, 1.54) is 19.1 Å². The van der Waals surface area contributed by atoms with Gasteiger partial charge in [0.2, 0.25) is 15.9 Å². The first kappa shape index (κ1) is 23.2. The van der Waals surface area contributed by atoms with Gasteiger partial charge in [-0.3, -0.25) is 18.9 Å². The first-order valence-electron chi connectivity index (χ1n) is 10.7. The van der Waals surface area contributed by atoms with Crippen molar-refractivity contribution in [1.29, 1.82) is 0 Å². The second-order valence-corrected chi connectivity index (χ2v) is 9.87. The predicted molar refractivity (Wildman–Crippen MR) is 131 cm³/mol. The molecule has 0 fully saturated rings. The molecule has 9 heteroatoms. The Morgan fingerprint density at radius 1 is 1.00 bits per heavy atom. The molecule has 1 unspecified atom stereocenters. The number of hydrogen-bond acceptors (Lipinski definition) is 5. The second kappa shape index (κ2) is 9.48. The SMILES string of the molecule is CCS(=O)(=O)N(CC(=O)O)c1ccc(N=C(c2ccccc2)C2C(=O)Nc3ccccc32)cc1. The third-order valence-electron chi connectivity index (χ3n) is 5.50. The molecule has 4 rings (SSSR count). The van der Waals surface area contributed by atoms with Crippen LogP contribution in [0.2, 0.25) is 0 Å². The molecule has 1 amide bonds. The smallest absolute Gasteiger partial charge is 0.324 e. The molecular formula is C25H23N3O5S. The minimum atomic E-state index is -3.78. The Labute approximate surface area is 197 Å². The maximum absolute atomic E-state index is 12.9. The molecule has 0 radical (unpaired) electrons. The number of carbonyl (C=O) groups excluding carboxylic acids is 1. The van der Waals surface area contributed by atoms with Crippen molar-refractivity contribution >= 4 is 44.7 Å². The maximum Gasteiger partial charge on any atom is 0.324 e. The Balaban J connectivity index is 1.76. The number of carbonyl (C=O) groups is 2. The normalized spacial score (nSPS) is 15.5. The number of sulfonamides is 1. The van der Waals surface area contributed by atoms with Crippen LogP contribution < -0.4 is 9.62 Å².